The summed E-state index contributed by atoms with van der Waals surface area (Å²) in [5, 5.41) is 4.21. The quantitative estimate of drug-likeness (QED) is 0.276. The molecular formula is C30H30N4O3. The standard InChI is InChI=1S/C30H30N4O3/c1-4-37-24-15-11-21(12-16-24)28-19-31-29(34(28)2)26(17-20-9-13-23(36-3)14-10-20)33-30(35)27-18-22-7-5-6-8-25(22)32-27/h5-16,18-19,26,32H,4,17H2,1-3H3,(H,33,35)/t26-/m0/s1. The first kappa shape index (κ1) is 24.2. The van der Waals surface area contributed by atoms with Crippen molar-refractivity contribution in [3.8, 4) is 22.8 Å². The first-order valence-corrected chi connectivity index (χ1v) is 12.3. The van der Waals surface area contributed by atoms with E-state index < -0.39 is 0 Å². The Labute approximate surface area is 216 Å². The number of hydrogen-bond acceptors (Lipinski definition) is 4. The van der Waals surface area contributed by atoms with Crippen LogP contribution in [0.2, 0.25) is 0 Å². The summed E-state index contributed by atoms with van der Waals surface area (Å²) in [6.45, 7) is 2.59. The summed E-state index contributed by atoms with van der Waals surface area (Å²) in [5.74, 6) is 2.21. The van der Waals surface area contributed by atoms with Gasteiger partial charge in [-0.1, -0.05) is 30.3 Å². The Morgan fingerprint density at radius 1 is 1.03 bits per heavy atom. The van der Waals surface area contributed by atoms with Crippen molar-refractivity contribution >= 4 is 16.8 Å². The van der Waals surface area contributed by atoms with Gasteiger partial charge >= 0.3 is 0 Å². The van der Waals surface area contributed by atoms with E-state index in [0.717, 1.165) is 45.0 Å². The molecule has 0 spiro atoms. The lowest BCUT2D eigenvalue weighted by Gasteiger charge is -2.19. The van der Waals surface area contributed by atoms with E-state index in [2.05, 4.69) is 10.3 Å². The fraction of sp³-hybridized carbons (Fsp3) is 0.200. The zero-order valence-electron chi connectivity index (χ0n) is 21.2. The number of aromatic nitrogens is 3. The summed E-state index contributed by atoms with van der Waals surface area (Å²) in [5.41, 5.74) is 4.48. The third-order valence-electron chi connectivity index (χ3n) is 6.48. The molecule has 0 aliphatic heterocycles. The molecule has 2 aromatic heterocycles. The van der Waals surface area contributed by atoms with Gasteiger partial charge < -0.3 is 24.3 Å². The average molecular weight is 495 g/mol. The van der Waals surface area contributed by atoms with Gasteiger partial charge in [0, 0.05) is 23.5 Å². The summed E-state index contributed by atoms with van der Waals surface area (Å²) in [7, 11) is 3.62. The van der Waals surface area contributed by atoms with Gasteiger partial charge in [0.05, 0.1) is 31.6 Å². The highest BCUT2D eigenvalue weighted by molar-refractivity contribution is 5.98. The molecule has 0 bridgehead atoms. The second kappa shape index (κ2) is 10.6. The summed E-state index contributed by atoms with van der Waals surface area (Å²) in [6.07, 6.45) is 2.42. The molecule has 0 radical (unpaired) electrons. The molecule has 1 amide bonds. The third kappa shape index (κ3) is 5.21. The van der Waals surface area contributed by atoms with E-state index in [4.69, 9.17) is 14.5 Å². The van der Waals surface area contributed by atoms with Gasteiger partial charge in [0.1, 0.15) is 23.0 Å². The number of H-pyrrole nitrogens is 1. The number of rotatable bonds is 9. The van der Waals surface area contributed by atoms with Crippen LogP contribution in [0, 0.1) is 0 Å². The largest absolute Gasteiger partial charge is 0.497 e. The molecule has 1 atom stereocenters. The Hall–Kier alpha value is -4.52. The summed E-state index contributed by atoms with van der Waals surface area (Å²) in [6, 6.07) is 25.2. The molecule has 0 aliphatic carbocycles. The molecule has 3 aromatic carbocycles. The number of amides is 1. The lowest BCUT2D eigenvalue weighted by atomic mass is 10.0. The average Bonchev–Trinajstić information content (AvgIpc) is 3.53. The Morgan fingerprint density at radius 3 is 2.46 bits per heavy atom. The van der Waals surface area contributed by atoms with E-state index in [9.17, 15) is 4.79 Å². The van der Waals surface area contributed by atoms with Crippen LogP contribution < -0.4 is 14.8 Å². The van der Waals surface area contributed by atoms with Crippen LogP contribution in [0.1, 0.15) is 34.8 Å². The number of carbonyl (C=O) groups excluding carboxylic acids is 1. The van der Waals surface area contributed by atoms with Crippen LogP contribution in [0.5, 0.6) is 11.5 Å². The number of nitrogens with one attached hydrogen (secondary N) is 2. The first-order chi connectivity index (χ1) is 18.1. The Morgan fingerprint density at radius 2 is 1.76 bits per heavy atom. The van der Waals surface area contributed by atoms with Gasteiger partial charge in [-0.25, -0.2) is 4.98 Å². The molecule has 0 fully saturated rings. The lowest BCUT2D eigenvalue weighted by molar-refractivity contribution is 0.0930. The number of para-hydroxylation sites is 1. The number of imidazole rings is 1. The second-order valence-corrected chi connectivity index (χ2v) is 8.87. The highest BCUT2D eigenvalue weighted by Gasteiger charge is 2.23. The predicted molar refractivity (Wildman–Crippen MR) is 145 cm³/mol. The number of benzene rings is 3. The molecule has 7 heteroatoms. The fourth-order valence-electron chi connectivity index (χ4n) is 4.54. The maximum absolute atomic E-state index is 13.4. The Kier molecular flexibility index (Phi) is 6.94. The molecule has 188 valence electrons. The number of ether oxygens (including phenoxy) is 2. The third-order valence-corrected chi connectivity index (χ3v) is 6.48. The van der Waals surface area contributed by atoms with Crippen molar-refractivity contribution in [1.82, 2.24) is 19.9 Å². The van der Waals surface area contributed by atoms with Crippen molar-refractivity contribution in [1.29, 1.82) is 0 Å². The summed E-state index contributed by atoms with van der Waals surface area (Å²) < 4.78 is 12.9. The zero-order valence-corrected chi connectivity index (χ0v) is 21.2. The Bertz CT molecular complexity index is 1470. The molecule has 5 aromatic rings. The van der Waals surface area contributed by atoms with Gasteiger partial charge in [0.2, 0.25) is 0 Å². The number of methoxy groups -OCH3 is 1. The maximum Gasteiger partial charge on any atom is 0.268 e. The molecule has 0 saturated carbocycles. The summed E-state index contributed by atoms with van der Waals surface area (Å²) >= 11 is 0. The number of hydrogen-bond donors (Lipinski definition) is 2. The fourth-order valence-corrected chi connectivity index (χ4v) is 4.54. The van der Waals surface area contributed by atoms with E-state index in [1.54, 1.807) is 7.11 Å². The molecule has 2 N–H and O–H groups in total. The second-order valence-electron chi connectivity index (χ2n) is 8.87. The minimum atomic E-state index is -0.353. The minimum absolute atomic E-state index is 0.180. The lowest BCUT2D eigenvalue weighted by Crippen LogP contribution is -2.32. The van der Waals surface area contributed by atoms with Gasteiger partial charge in [-0.05, 0) is 67.4 Å². The molecular weight excluding hydrogens is 464 g/mol. The van der Waals surface area contributed by atoms with Crippen molar-refractivity contribution in [2.24, 2.45) is 7.05 Å². The van der Waals surface area contributed by atoms with Gasteiger partial charge in [0.25, 0.3) is 5.91 Å². The monoisotopic (exact) mass is 494 g/mol. The van der Waals surface area contributed by atoms with Crippen LogP contribution in [0.4, 0.5) is 0 Å². The van der Waals surface area contributed by atoms with E-state index in [0.29, 0.717) is 18.7 Å². The molecule has 37 heavy (non-hydrogen) atoms. The molecule has 0 aliphatic rings. The topological polar surface area (TPSA) is 81.2 Å². The van der Waals surface area contributed by atoms with Crippen molar-refractivity contribution in [2.45, 2.75) is 19.4 Å². The highest BCUT2D eigenvalue weighted by Crippen LogP contribution is 2.27. The molecule has 7 nitrogen and oxygen atoms in total. The van der Waals surface area contributed by atoms with E-state index in [-0.39, 0.29) is 11.9 Å². The Balaban J connectivity index is 1.46. The van der Waals surface area contributed by atoms with Gasteiger partial charge in [-0.2, -0.15) is 0 Å². The zero-order chi connectivity index (χ0) is 25.8. The van der Waals surface area contributed by atoms with Crippen LogP contribution in [-0.2, 0) is 13.5 Å². The number of aromatic amines is 1. The van der Waals surface area contributed by atoms with E-state index in [1.807, 2.05) is 104 Å². The SMILES string of the molecule is CCOc1ccc(-c2cnc([C@H](Cc3ccc(OC)cc3)NC(=O)c3cc4ccccc4[nH]3)n2C)cc1. The minimum Gasteiger partial charge on any atom is -0.497 e. The van der Waals surface area contributed by atoms with Crippen LogP contribution in [0.3, 0.4) is 0 Å². The van der Waals surface area contributed by atoms with E-state index in [1.165, 1.54) is 0 Å². The predicted octanol–water partition coefficient (Wildman–Crippen LogP) is 5.69. The van der Waals surface area contributed by atoms with Gasteiger partial charge in [0.15, 0.2) is 0 Å². The van der Waals surface area contributed by atoms with Crippen molar-refractivity contribution in [3.63, 3.8) is 0 Å². The van der Waals surface area contributed by atoms with Gasteiger partial charge in [-0.15, -0.1) is 0 Å². The molecule has 5 rings (SSSR count). The number of nitrogens with zero attached hydrogens (tertiary/aromatic N) is 2. The first-order valence-electron chi connectivity index (χ1n) is 12.3. The number of fused-ring (bicyclic) bond motifs is 1. The summed E-state index contributed by atoms with van der Waals surface area (Å²) in [4.78, 5) is 21.3. The van der Waals surface area contributed by atoms with Crippen LogP contribution in [0.15, 0.2) is 85.1 Å². The van der Waals surface area contributed by atoms with Crippen LogP contribution >= 0.6 is 0 Å². The smallest absolute Gasteiger partial charge is 0.268 e. The number of carbonyl (C=O) groups is 1. The van der Waals surface area contributed by atoms with E-state index >= 15 is 0 Å². The molecule has 2 heterocycles. The maximum atomic E-state index is 13.4. The van der Waals surface area contributed by atoms with Crippen molar-refractivity contribution in [2.75, 3.05) is 13.7 Å². The molecule has 0 unspecified atom stereocenters. The van der Waals surface area contributed by atoms with Crippen molar-refractivity contribution in [3.05, 3.63) is 102 Å². The van der Waals surface area contributed by atoms with Crippen LogP contribution in [0.25, 0.3) is 22.2 Å². The van der Waals surface area contributed by atoms with Gasteiger partial charge in [-0.3, -0.25) is 4.79 Å². The normalized spacial score (nSPS) is 11.9. The molecule has 0 saturated heterocycles. The van der Waals surface area contributed by atoms with Crippen LogP contribution in [-0.4, -0.2) is 34.2 Å². The highest BCUT2D eigenvalue weighted by atomic mass is 16.5. The van der Waals surface area contributed by atoms with Crippen molar-refractivity contribution < 1.29 is 14.3 Å².